The zero-order valence-corrected chi connectivity index (χ0v) is 9.10. The highest BCUT2D eigenvalue weighted by molar-refractivity contribution is 5.74. The van der Waals surface area contributed by atoms with Gasteiger partial charge in [0.15, 0.2) is 0 Å². The number of esters is 1. The fourth-order valence-corrected chi connectivity index (χ4v) is 2.04. The molecule has 1 saturated heterocycles. The molecule has 2 atom stereocenters. The van der Waals surface area contributed by atoms with Crippen molar-refractivity contribution < 1.29 is 19.4 Å². The SMILES string of the molecule is COC(=O)C[C@@H]1CN(C)CC[C@H]1C(=O)O. The summed E-state index contributed by atoms with van der Waals surface area (Å²) in [5, 5.41) is 9.01. The summed E-state index contributed by atoms with van der Waals surface area (Å²) >= 11 is 0. The number of nitrogens with zero attached hydrogens (tertiary/aromatic N) is 1. The number of aliphatic carboxylic acids is 1. The number of hydrogen-bond acceptors (Lipinski definition) is 4. The second-order valence-electron chi connectivity index (χ2n) is 4.04. The predicted molar refractivity (Wildman–Crippen MR) is 53.4 cm³/mol. The summed E-state index contributed by atoms with van der Waals surface area (Å²) < 4.78 is 4.57. The van der Waals surface area contributed by atoms with Crippen molar-refractivity contribution in [1.29, 1.82) is 0 Å². The molecule has 0 aliphatic carbocycles. The molecule has 0 amide bonds. The maximum absolute atomic E-state index is 11.1. The predicted octanol–water partition coefficient (Wildman–Crippen LogP) is 0.202. The van der Waals surface area contributed by atoms with Gasteiger partial charge in [-0.1, -0.05) is 0 Å². The monoisotopic (exact) mass is 215 g/mol. The first-order valence-electron chi connectivity index (χ1n) is 5.02. The van der Waals surface area contributed by atoms with Crippen LogP contribution in [-0.4, -0.2) is 49.2 Å². The van der Waals surface area contributed by atoms with Gasteiger partial charge in [0.05, 0.1) is 19.4 Å². The Morgan fingerprint density at radius 1 is 1.53 bits per heavy atom. The van der Waals surface area contributed by atoms with Crippen molar-refractivity contribution in [2.45, 2.75) is 12.8 Å². The number of likely N-dealkylation sites (tertiary alicyclic amines) is 1. The van der Waals surface area contributed by atoms with E-state index in [0.29, 0.717) is 13.0 Å². The first kappa shape index (κ1) is 12.0. The van der Waals surface area contributed by atoms with Gasteiger partial charge in [0, 0.05) is 6.54 Å². The van der Waals surface area contributed by atoms with Crippen LogP contribution in [-0.2, 0) is 14.3 Å². The maximum Gasteiger partial charge on any atom is 0.306 e. The minimum atomic E-state index is -0.808. The summed E-state index contributed by atoms with van der Waals surface area (Å²) in [6.45, 7) is 1.42. The molecular weight excluding hydrogens is 198 g/mol. The van der Waals surface area contributed by atoms with E-state index in [0.717, 1.165) is 6.54 Å². The van der Waals surface area contributed by atoms with Crippen molar-refractivity contribution in [3.63, 3.8) is 0 Å². The fourth-order valence-electron chi connectivity index (χ4n) is 2.04. The molecule has 0 aromatic carbocycles. The number of carboxylic acids is 1. The molecule has 0 aromatic heterocycles. The molecule has 0 bridgehead atoms. The van der Waals surface area contributed by atoms with Crippen LogP contribution >= 0.6 is 0 Å². The molecule has 1 heterocycles. The van der Waals surface area contributed by atoms with Gasteiger partial charge in [-0.3, -0.25) is 9.59 Å². The molecule has 0 saturated carbocycles. The maximum atomic E-state index is 11.1. The number of methoxy groups -OCH3 is 1. The third kappa shape index (κ3) is 3.20. The van der Waals surface area contributed by atoms with Crippen molar-refractivity contribution in [3.05, 3.63) is 0 Å². The van der Waals surface area contributed by atoms with E-state index >= 15 is 0 Å². The molecule has 1 N–H and O–H groups in total. The van der Waals surface area contributed by atoms with Crippen molar-refractivity contribution in [2.24, 2.45) is 11.8 Å². The Kier molecular flexibility index (Phi) is 4.08. The summed E-state index contributed by atoms with van der Waals surface area (Å²) in [5.41, 5.74) is 0. The minimum absolute atomic E-state index is 0.131. The largest absolute Gasteiger partial charge is 0.481 e. The first-order valence-corrected chi connectivity index (χ1v) is 5.02. The van der Waals surface area contributed by atoms with Gasteiger partial charge in [-0.15, -0.1) is 0 Å². The Morgan fingerprint density at radius 3 is 2.73 bits per heavy atom. The summed E-state index contributed by atoms with van der Waals surface area (Å²) in [4.78, 5) is 24.1. The van der Waals surface area contributed by atoms with Crippen molar-refractivity contribution in [1.82, 2.24) is 4.90 Å². The quantitative estimate of drug-likeness (QED) is 0.681. The number of ether oxygens (including phenoxy) is 1. The van der Waals surface area contributed by atoms with Crippen LogP contribution in [0.25, 0.3) is 0 Å². The molecule has 86 valence electrons. The third-order valence-corrected chi connectivity index (χ3v) is 2.91. The third-order valence-electron chi connectivity index (χ3n) is 2.91. The van der Waals surface area contributed by atoms with Gasteiger partial charge in [0.25, 0.3) is 0 Å². The number of carboxylic acid groups (broad SMARTS) is 1. The summed E-state index contributed by atoms with van der Waals surface area (Å²) in [5.74, 6) is -1.69. The molecule has 5 heteroatoms. The summed E-state index contributed by atoms with van der Waals surface area (Å²) in [6, 6.07) is 0. The molecular formula is C10H17NO4. The first-order chi connectivity index (χ1) is 7.04. The lowest BCUT2D eigenvalue weighted by Gasteiger charge is -2.33. The van der Waals surface area contributed by atoms with Gasteiger partial charge in [-0.05, 0) is 25.9 Å². The average molecular weight is 215 g/mol. The topological polar surface area (TPSA) is 66.8 Å². The van der Waals surface area contributed by atoms with Gasteiger partial charge in [0.1, 0.15) is 0 Å². The van der Waals surface area contributed by atoms with E-state index in [9.17, 15) is 9.59 Å². The van der Waals surface area contributed by atoms with Crippen molar-refractivity contribution >= 4 is 11.9 Å². The highest BCUT2D eigenvalue weighted by Gasteiger charge is 2.34. The average Bonchev–Trinajstić information content (AvgIpc) is 2.17. The van der Waals surface area contributed by atoms with Gasteiger partial charge in [-0.2, -0.15) is 0 Å². The van der Waals surface area contributed by atoms with Gasteiger partial charge in [-0.25, -0.2) is 0 Å². The molecule has 0 spiro atoms. The second-order valence-corrected chi connectivity index (χ2v) is 4.04. The van der Waals surface area contributed by atoms with Crippen LogP contribution in [0.3, 0.4) is 0 Å². The second kappa shape index (κ2) is 5.11. The Bertz CT molecular complexity index is 254. The number of rotatable bonds is 3. The van der Waals surface area contributed by atoms with E-state index in [4.69, 9.17) is 5.11 Å². The van der Waals surface area contributed by atoms with Gasteiger partial charge < -0.3 is 14.7 Å². The fraction of sp³-hybridized carbons (Fsp3) is 0.800. The van der Waals surface area contributed by atoms with E-state index in [1.165, 1.54) is 7.11 Å². The molecule has 0 radical (unpaired) electrons. The van der Waals surface area contributed by atoms with E-state index in [1.54, 1.807) is 0 Å². The molecule has 1 aliphatic rings. The minimum Gasteiger partial charge on any atom is -0.481 e. The van der Waals surface area contributed by atoms with E-state index in [1.807, 2.05) is 11.9 Å². The van der Waals surface area contributed by atoms with E-state index in [2.05, 4.69) is 4.74 Å². The lowest BCUT2D eigenvalue weighted by atomic mass is 9.83. The highest BCUT2D eigenvalue weighted by atomic mass is 16.5. The van der Waals surface area contributed by atoms with Crippen LogP contribution in [0.15, 0.2) is 0 Å². The number of carbonyl (C=O) groups is 2. The van der Waals surface area contributed by atoms with Crippen molar-refractivity contribution in [2.75, 3.05) is 27.2 Å². The molecule has 1 rings (SSSR count). The molecule has 5 nitrogen and oxygen atoms in total. The Morgan fingerprint density at radius 2 is 2.20 bits per heavy atom. The van der Waals surface area contributed by atoms with Crippen LogP contribution < -0.4 is 0 Å². The van der Waals surface area contributed by atoms with Gasteiger partial charge in [0.2, 0.25) is 0 Å². The normalized spacial score (nSPS) is 27.3. The van der Waals surface area contributed by atoms with Crippen LogP contribution in [0.4, 0.5) is 0 Å². The Labute approximate surface area is 89.0 Å². The number of hydrogen-bond donors (Lipinski definition) is 1. The summed E-state index contributed by atoms with van der Waals surface area (Å²) in [7, 11) is 3.26. The zero-order chi connectivity index (χ0) is 11.4. The highest BCUT2D eigenvalue weighted by Crippen LogP contribution is 2.26. The number of piperidine rings is 1. The van der Waals surface area contributed by atoms with E-state index < -0.39 is 11.9 Å². The van der Waals surface area contributed by atoms with Crippen molar-refractivity contribution in [3.8, 4) is 0 Å². The van der Waals surface area contributed by atoms with Crippen LogP contribution in [0.1, 0.15) is 12.8 Å². The Hall–Kier alpha value is -1.10. The Balaban J connectivity index is 2.61. The molecule has 1 aliphatic heterocycles. The summed E-state index contributed by atoms with van der Waals surface area (Å²) in [6.07, 6.45) is 0.797. The molecule has 0 aromatic rings. The lowest BCUT2D eigenvalue weighted by Crippen LogP contribution is -2.42. The molecule has 15 heavy (non-hydrogen) atoms. The van der Waals surface area contributed by atoms with Crippen LogP contribution in [0.5, 0.6) is 0 Å². The molecule has 0 unspecified atom stereocenters. The lowest BCUT2D eigenvalue weighted by molar-refractivity contribution is -0.148. The smallest absolute Gasteiger partial charge is 0.306 e. The molecule has 1 fully saturated rings. The van der Waals surface area contributed by atoms with Crippen LogP contribution in [0.2, 0.25) is 0 Å². The number of carbonyl (C=O) groups excluding carboxylic acids is 1. The zero-order valence-electron chi connectivity index (χ0n) is 9.10. The van der Waals surface area contributed by atoms with E-state index in [-0.39, 0.29) is 18.3 Å². The standard InChI is InChI=1S/C10H17NO4/c1-11-4-3-8(10(13)14)7(6-11)5-9(12)15-2/h7-8H,3-6H2,1-2H3,(H,13,14)/t7-,8-/m1/s1. The van der Waals surface area contributed by atoms with Gasteiger partial charge >= 0.3 is 11.9 Å². The van der Waals surface area contributed by atoms with Crippen LogP contribution in [0, 0.1) is 11.8 Å².